The van der Waals surface area contributed by atoms with Gasteiger partial charge in [-0.1, -0.05) is 121 Å². The molecule has 0 radical (unpaired) electrons. The number of aromatic nitrogens is 3. The largest absolute Gasteiger partial charge is 0.309 e. The summed E-state index contributed by atoms with van der Waals surface area (Å²) >= 11 is 1.85. The van der Waals surface area contributed by atoms with Crippen LogP contribution >= 0.6 is 11.8 Å². The standard InChI is InChI=1S/C54H34N4S/c1-3-15-35(16-4-1)55-44-22-10-8-20-40(44)43-33-37(27-30-47(43)55)58-45-23-11-7-19-39(45)41-29-32-50-53(54(41)58)42-21-9-12-24-46(42)57(50)38-28-31-49-52(34-38)59-51-26-14-13-25-48(51)56(49)36-17-5-2-6-18-36/h1-34H. The molecule has 5 heteroatoms. The molecule has 0 fully saturated rings. The first-order chi connectivity index (χ1) is 29.3. The van der Waals surface area contributed by atoms with E-state index >= 15 is 0 Å². The molecule has 0 aliphatic carbocycles. The lowest BCUT2D eigenvalue weighted by Gasteiger charge is -2.33. The van der Waals surface area contributed by atoms with Crippen molar-refractivity contribution in [3.8, 4) is 17.1 Å². The van der Waals surface area contributed by atoms with E-state index in [0.717, 1.165) is 22.7 Å². The van der Waals surface area contributed by atoms with Crippen LogP contribution in [0.15, 0.2) is 216 Å². The summed E-state index contributed by atoms with van der Waals surface area (Å²) in [5, 5.41) is 7.47. The van der Waals surface area contributed by atoms with Gasteiger partial charge in [-0.15, -0.1) is 0 Å². The second-order valence-electron chi connectivity index (χ2n) is 15.3. The molecule has 276 valence electrons. The van der Waals surface area contributed by atoms with Crippen LogP contribution in [0.2, 0.25) is 0 Å². The molecule has 0 amide bonds. The Morgan fingerprint density at radius 3 is 1.59 bits per heavy atom. The number of nitrogens with zero attached hydrogens (tertiary/aromatic N) is 4. The van der Waals surface area contributed by atoms with Crippen LogP contribution < -0.4 is 4.90 Å². The summed E-state index contributed by atoms with van der Waals surface area (Å²) in [4.78, 5) is 4.87. The van der Waals surface area contributed by atoms with Crippen molar-refractivity contribution in [1.29, 1.82) is 0 Å². The second-order valence-corrected chi connectivity index (χ2v) is 16.4. The van der Waals surface area contributed by atoms with E-state index in [1.807, 2.05) is 11.8 Å². The molecule has 4 heterocycles. The van der Waals surface area contributed by atoms with Crippen molar-refractivity contribution in [1.82, 2.24) is 13.7 Å². The number of rotatable bonds is 4. The van der Waals surface area contributed by atoms with Crippen molar-refractivity contribution >= 4 is 94.2 Å². The highest BCUT2D eigenvalue weighted by atomic mass is 32.2. The maximum atomic E-state index is 2.51. The van der Waals surface area contributed by atoms with Gasteiger partial charge in [0.1, 0.15) is 0 Å². The minimum atomic E-state index is 1.15. The summed E-state index contributed by atoms with van der Waals surface area (Å²) in [6.07, 6.45) is 0. The summed E-state index contributed by atoms with van der Waals surface area (Å²) in [6.45, 7) is 0. The molecule has 4 nitrogen and oxygen atoms in total. The van der Waals surface area contributed by atoms with E-state index in [9.17, 15) is 0 Å². The lowest BCUT2D eigenvalue weighted by Crippen LogP contribution is -2.15. The molecule has 9 aromatic carbocycles. The molecule has 1 aliphatic heterocycles. The first-order valence-electron chi connectivity index (χ1n) is 20.1. The summed E-state index contributed by atoms with van der Waals surface area (Å²) in [5.74, 6) is 0. The molecule has 59 heavy (non-hydrogen) atoms. The Kier molecular flexibility index (Phi) is 6.91. The van der Waals surface area contributed by atoms with Crippen molar-refractivity contribution in [2.24, 2.45) is 0 Å². The lowest BCUT2D eigenvalue weighted by molar-refractivity contribution is 1.12. The number of hydrogen-bond donors (Lipinski definition) is 0. The van der Waals surface area contributed by atoms with Crippen LogP contribution in [-0.4, -0.2) is 13.7 Å². The maximum absolute atomic E-state index is 2.51. The van der Waals surface area contributed by atoms with E-state index in [2.05, 4.69) is 225 Å². The van der Waals surface area contributed by atoms with Gasteiger partial charge in [-0.05, 0) is 97.1 Å². The predicted molar refractivity (Wildman–Crippen MR) is 248 cm³/mol. The zero-order chi connectivity index (χ0) is 38.6. The molecule has 0 saturated carbocycles. The van der Waals surface area contributed by atoms with Crippen LogP contribution in [0.1, 0.15) is 0 Å². The zero-order valence-corrected chi connectivity index (χ0v) is 32.6. The molecule has 0 atom stereocenters. The Labute approximate surface area is 344 Å². The summed E-state index contributed by atoms with van der Waals surface area (Å²) in [6, 6.07) is 75.4. The van der Waals surface area contributed by atoms with Gasteiger partial charge >= 0.3 is 0 Å². The first kappa shape index (κ1) is 32.6. The molecular formula is C54H34N4S. The monoisotopic (exact) mass is 770 g/mol. The predicted octanol–water partition coefficient (Wildman–Crippen LogP) is 14.9. The van der Waals surface area contributed by atoms with Gasteiger partial charge in [0.25, 0.3) is 0 Å². The van der Waals surface area contributed by atoms with Crippen LogP contribution in [0.3, 0.4) is 0 Å². The summed E-state index contributed by atoms with van der Waals surface area (Å²) in [5.41, 5.74) is 14.2. The second kappa shape index (κ2) is 12.5. The fourth-order valence-electron chi connectivity index (χ4n) is 9.75. The van der Waals surface area contributed by atoms with Gasteiger partial charge < -0.3 is 18.6 Å². The molecule has 0 N–H and O–H groups in total. The Bertz CT molecular complexity index is 3650. The van der Waals surface area contributed by atoms with Crippen LogP contribution in [0.5, 0.6) is 0 Å². The molecule has 12 aromatic rings. The van der Waals surface area contributed by atoms with E-state index in [0.29, 0.717) is 0 Å². The van der Waals surface area contributed by atoms with Gasteiger partial charge in [-0.25, -0.2) is 0 Å². The highest BCUT2D eigenvalue weighted by Gasteiger charge is 2.27. The molecule has 1 aliphatic rings. The average molecular weight is 771 g/mol. The van der Waals surface area contributed by atoms with Gasteiger partial charge in [0.2, 0.25) is 0 Å². The van der Waals surface area contributed by atoms with Gasteiger partial charge in [-0.3, -0.25) is 0 Å². The van der Waals surface area contributed by atoms with Crippen molar-refractivity contribution in [3.63, 3.8) is 0 Å². The molecular weight excluding hydrogens is 737 g/mol. The number of para-hydroxylation sites is 6. The Morgan fingerprint density at radius 1 is 0.288 bits per heavy atom. The van der Waals surface area contributed by atoms with Crippen LogP contribution in [0.25, 0.3) is 82.5 Å². The van der Waals surface area contributed by atoms with Gasteiger partial charge in [0.15, 0.2) is 0 Å². The third-order valence-corrected chi connectivity index (χ3v) is 13.3. The lowest BCUT2D eigenvalue weighted by atomic mass is 10.1. The number of benzene rings is 9. The van der Waals surface area contributed by atoms with Crippen LogP contribution in [-0.2, 0) is 0 Å². The molecule has 0 spiro atoms. The van der Waals surface area contributed by atoms with Crippen LogP contribution in [0, 0.1) is 0 Å². The average Bonchev–Trinajstić information content (AvgIpc) is 3.94. The van der Waals surface area contributed by atoms with Crippen LogP contribution in [0.4, 0.5) is 17.1 Å². The molecule has 0 saturated heterocycles. The normalized spacial score (nSPS) is 12.6. The number of fused-ring (bicyclic) bond motifs is 12. The third kappa shape index (κ3) is 4.68. The SMILES string of the molecule is c1ccc(N2c3ccccc3Sc3cc(-n4c5ccccc5c5c4ccc4c6ccccc6n(-c6ccc7c(c6)c6ccccc6n7-c6ccccc6)c45)ccc32)cc1. The summed E-state index contributed by atoms with van der Waals surface area (Å²) < 4.78 is 7.37. The molecule has 0 bridgehead atoms. The van der Waals surface area contributed by atoms with E-state index in [1.54, 1.807) is 0 Å². The topological polar surface area (TPSA) is 18.0 Å². The maximum Gasteiger partial charge on any atom is 0.0641 e. The Balaban J connectivity index is 1.07. The van der Waals surface area contributed by atoms with Crippen molar-refractivity contribution in [2.75, 3.05) is 4.90 Å². The van der Waals surface area contributed by atoms with Crippen molar-refractivity contribution in [3.05, 3.63) is 206 Å². The van der Waals surface area contributed by atoms with Crippen molar-refractivity contribution in [2.45, 2.75) is 9.79 Å². The highest BCUT2D eigenvalue weighted by Crippen LogP contribution is 2.52. The zero-order valence-electron chi connectivity index (χ0n) is 31.8. The van der Waals surface area contributed by atoms with E-state index in [1.165, 1.54) is 86.6 Å². The number of hydrogen-bond acceptors (Lipinski definition) is 2. The third-order valence-electron chi connectivity index (χ3n) is 12.2. The highest BCUT2D eigenvalue weighted by molar-refractivity contribution is 7.99. The summed E-state index contributed by atoms with van der Waals surface area (Å²) in [7, 11) is 0. The van der Waals surface area contributed by atoms with E-state index < -0.39 is 0 Å². The van der Waals surface area contributed by atoms with Crippen molar-refractivity contribution < 1.29 is 0 Å². The van der Waals surface area contributed by atoms with E-state index in [4.69, 9.17) is 0 Å². The minimum absolute atomic E-state index is 1.15. The Morgan fingerprint density at radius 2 is 0.814 bits per heavy atom. The molecule has 3 aromatic heterocycles. The molecule has 13 rings (SSSR count). The fourth-order valence-corrected chi connectivity index (χ4v) is 10.8. The smallest absolute Gasteiger partial charge is 0.0641 e. The van der Waals surface area contributed by atoms with Gasteiger partial charge in [0.05, 0.1) is 44.5 Å². The van der Waals surface area contributed by atoms with Gasteiger partial charge in [0, 0.05) is 64.9 Å². The van der Waals surface area contributed by atoms with E-state index in [-0.39, 0.29) is 0 Å². The minimum Gasteiger partial charge on any atom is -0.309 e. The number of anilines is 3. The quantitative estimate of drug-likeness (QED) is 0.177. The molecule has 0 unspecified atom stereocenters. The van der Waals surface area contributed by atoms with Gasteiger partial charge in [-0.2, -0.15) is 0 Å². The first-order valence-corrected chi connectivity index (χ1v) is 20.9. The Hall–Kier alpha value is -7.47. The fraction of sp³-hybridized carbons (Fsp3) is 0.